The van der Waals surface area contributed by atoms with Crippen LogP contribution in [0.1, 0.15) is 22.5 Å². The van der Waals surface area contributed by atoms with E-state index in [1.54, 1.807) is 7.11 Å². The van der Waals surface area contributed by atoms with Crippen molar-refractivity contribution in [3.63, 3.8) is 0 Å². The van der Waals surface area contributed by atoms with Gasteiger partial charge in [-0.1, -0.05) is 36.4 Å². The maximum absolute atomic E-state index is 5.21. The first kappa shape index (κ1) is 18.3. The summed E-state index contributed by atoms with van der Waals surface area (Å²) in [5.74, 6) is 3.56. The second-order valence-electron chi connectivity index (χ2n) is 7.12. The fraction of sp³-hybridized carbons (Fsp3) is 0.304. The molecule has 2 heterocycles. The number of nitrogens with zero attached hydrogens (tertiary/aromatic N) is 3. The van der Waals surface area contributed by atoms with Crippen LogP contribution in [0.5, 0.6) is 5.75 Å². The van der Waals surface area contributed by atoms with E-state index in [0.29, 0.717) is 0 Å². The Bertz CT molecular complexity index is 940. The Labute approximate surface area is 166 Å². The van der Waals surface area contributed by atoms with E-state index in [2.05, 4.69) is 62.6 Å². The Hall–Kier alpha value is -3.08. The third kappa shape index (κ3) is 4.25. The van der Waals surface area contributed by atoms with Crippen molar-refractivity contribution < 1.29 is 4.74 Å². The maximum atomic E-state index is 5.21. The van der Waals surface area contributed by atoms with Crippen LogP contribution in [0.3, 0.4) is 0 Å². The van der Waals surface area contributed by atoms with Crippen LogP contribution in [0.4, 0.5) is 11.6 Å². The minimum absolute atomic E-state index is 0.795. The van der Waals surface area contributed by atoms with Crippen LogP contribution < -0.4 is 15.0 Å². The molecule has 0 radical (unpaired) electrons. The van der Waals surface area contributed by atoms with E-state index < -0.39 is 0 Å². The number of aromatic nitrogens is 2. The molecule has 1 aliphatic rings. The number of hydrogen-bond donors (Lipinski definition) is 1. The van der Waals surface area contributed by atoms with E-state index in [4.69, 9.17) is 4.74 Å². The van der Waals surface area contributed by atoms with Crippen molar-refractivity contribution in [3.05, 3.63) is 77.1 Å². The van der Waals surface area contributed by atoms with E-state index in [0.717, 1.165) is 55.7 Å². The van der Waals surface area contributed by atoms with E-state index in [-0.39, 0.29) is 0 Å². The first-order valence-electron chi connectivity index (χ1n) is 9.75. The molecule has 0 saturated heterocycles. The number of hydrogen-bond acceptors (Lipinski definition) is 5. The lowest BCUT2D eigenvalue weighted by Gasteiger charge is -2.30. The molecule has 5 nitrogen and oxygen atoms in total. The minimum atomic E-state index is 0.795. The number of anilines is 2. The fourth-order valence-electron chi connectivity index (χ4n) is 3.62. The lowest BCUT2D eigenvalue weighted by atomic mass is 10.00. The van der Waals surface area contributed by atoms with E-state index in [9.17, 15) is 0 Å². The minimum Gasteiger partial charge on any atom is -0.497 e. The Balaban J connectivity index is 1.41. The normalized spacial score (nSPS) is 13.1. The van der Waals surface area contributed by atoms with Gasteiger partial charge in [0.15, 0.2) is 0 Å². The van der Waals surface area contributed by atoms with Crippen molar-refractivity contribution in [2.75, 3.05) is 30.4 Å². The molecule has 1 aromatic heterocycles. The highest BCUT2D eigenvalue weighted by Gasteiger charge is 2.18. The fourth-order valence-corrected chi connectivity index (χ4v) is 3.62. The molecule has 0 amide bonds. The van der Waals surface area contributed by atoms with Crippen molar-refractivity contribution in [3.8, 4) is 5.75 Å². The standard InChI is InChI=1S/C23H26N4O/c1-17-25-22(24-13-11-18-7-9-21(28-2)10-8-18)15-23(26-17)27-14-12-19-5-3-4-6-20(19)16-27/h3-10,15H,11-14,16H2,1-2H3,(H,24,25,26). The van der Waals surface area contributed by atoms with Crippen molar-refractivity contribution in [2.45, 2.75) is 26.3 Å². The molecular weight excluding hydrogens is 348 g/mol. The molecule has 0 bridgehead atoms. The second kappa shape index (κ2) is 8.30. The molecule has 3 aromatic rings. The number of ether oxygens (including phenoxy) is 1. The van der Waals surface area contributed by atoms with Gasteiger partial charge in [-0.25, -0.2) is 9.97 Å². The molecule has 5 heteroatoms. The van der Waals surface area contributed by atoms with Gasteiger partial charge < -0.3 is 15.0 Å². The van der Waals surface area contributed by atoms with Gasteiger partial charge in [0.05, 0.1) is 7.11 Å². The zero-order valence-electron chi connectivity index (χ0n) is 16.5. The molecule has 1 N–H and O–H groups in total. The van der Waals surface area contributed by atoms with Crippen LogP contribution >= 0.6 is 0 Å². The summed E-state index contributed by atoms with van der Waals surface area (Å²) >= 11 is 0. The van der Waals surface area contributed by atoms with Crippen LogP contribution in [0.25, 0.3) is 0 Å². The summed E-state index contributed by atoms with van der Waals surface area (Å²) in [5, 5.41) is 3.45. The van der Waals surface area contributed by atoms with Gasteiger partial charge in [0.25, 0.3) is 0 Å². The molecule has 0 aliphatic carbocycles. The van der Waals surface area contributed by atoms with Crippen molar-refractivity contribution >= 4 is 11.6 Å². The zero-order chi connectivity index (χ0) is 19.3. The number of methoxy groups -OCH3 is 1. The number of nitrogens with one attached hydrogen (secondary N) is 1. The molecule has 1 aliphatic heterocycles. The Morgan fingerprint density at radius 2 is 1.82 bits per heavy atom. The number of fused-ring (bicyclic) bond motifs is 1. The third-order valence-electron chi connectivity index (χ3n) is 5.16. The highest BCUT2D eigenvalue weighted by molar-refractivity contribution is 5.51. The monoisotopic (exact) mass is 374 g/mol. The Morgan fingerprint density at radius 1 is 1.04 bits per heavy atom. The van der Waals surface area contributed by atoms with Gasteiger partial charge in [0, 0.05) is 25.7 Å². The summed E-state index contributed by atoms with van der Waals surface area (Å²) in [4.78, 5) is 11.6. The molecule has 0 unspecified atom stereocenters. The van der Waals surface area contributed by atoms with Gasteiger partial charge in [-0.2, -0.15) is 0 Å². The molecular formula is C23H26N4O. The topological polar surface area (TPSA) is 50.3 Å². The van der Waals surface area contributed by atoms with Gasteiger partial charge in [0.2, 0.25) is 0 Å². The van der Waals surface area contributed by atoms with Gasteiger partial charge in [-0.3, -0.25) is 0 Å². The third-order valence-corrected chi connectivity index (χ3v) is 5.16. The van der Waals surface area contributed by atoms with Crippen LogP contribution in [-0.4, -0.2) is 30.2 Å². The lowest BCUT2D eigenvalue weighted by molar-refractivity contribution is 0.414. The van der Waals surface area contributed by atoms with E-state index >= 15 is 0 Å². The molecule has 144 valence electrons. The first-order valence-corrected chi connectivity index (χ1v) is 9.75. The number of rotatable bonds is 6. The highest BCUT2D eigenvalue weighted by atomic mass is 16.5. The average molecular weight is 374 g/mol. The Morgan fingerprint density at radius 3 is 2.61 bits per heavy atom. The van der Waals surface area contributed by atoms with Crippen LogP contribution in [0.15, 0.2) is 54.6 Å². The van der Waals surface area contributed by atoms with E-state index in [1.165, 1.54) is 16.7 Å². The smallest absolute Gasteiger partial charge is 0.134 e. The predicted molar refractivity (Wildman–Crippen MR) is 113 cm³/mol. The van der Waals surface area contributed by atoms with E-state index in [1.807, 2.05) is 19.1 Å². The molecule has 28 heavy (non-hydrogen) atoms. The maximum Gasteiger partial charge on any atom is 0.134 e. The number of aryl methyl sites for hydroxylation is 1. The quantitative estimate of drug-likeness (QED) is 0.706. The van der Waals surface area contributed by atoms with Gasteiger partial charge in [-0.05, 0) is 48.6 Å². The number of benzene rings is 2. The largest absolute Gasteiger partial charge is 0.497 e. The summed E-state index contributed by atoms with van der Waals surface area (Å²) in [6.07, 6.45) is 1.99. The first-order chi connectivity index (χ1) is 13.7. The summed E-state index contributed by atoms with van der Waals surface area (Å²) in [6.45, 7) is 4.66. The zero-order valence-corrected chi connectivity index (χ0v) is 16.5. The summed E-state index contributed by atoms with van der Waals surface area (Å²) in [5.41, 5.74) is 4.10. The summed E-state index contributed by atoms with van der Waals surface area (Å²) < 4.78 is 5.21. The second-order valence-corrected chi connectivity index (χ2v) is 7.12. The van der Waals surface area contributed by atoms with Crippen molar-refractivity contribution in [1.29, 1.82) is 0 Å². The molecule has 0 saturated carbocycles. The summed E-state index contributed by atoms with van der Waals surface area (Å²) in [7, 11) is 1.69. The SMILES string of the molecule is COc1ccc(CCNc2cc(N3CCc4ccccc4C3)nc(C)n2)cc1. The van der Waals surface area contributed by atoms with Gasteiger partial charge >= 0.3 is 0 Å². The van der Waals surface area contributed by atoms with Gasteiger partial charge in [0.1, 0.15) is 23.2 Å². The van der Waals surface area contributed by atoms with Crippen LogP contribution in [0.2, 0.25) is 0 Å². The lowest BCUT2D eigenvalue weighted by Crippen LogP contribution is -2.31. The molecule has 0 spiro atoms. The molecule has 0 atom stereocenters. The van der Waals surface area contributed by atoms with Crippen molar-refractivity contribution in [2.24, 2.45) is 0 Å². The predicted octanol–water partition coefficient (Wildman–Crippen LogP) is 4.01. The van der Waals surface area contributed by atoms with Crippen molar-refractivity contribution in [1.82, 2.24) is 9.97 Å². The Kier molecular flexibility index (Phi) is 5.42. The molecule has 0 fully saturated rings. The molecule has 2 aromatic carbocycles. The van der Waals surface area contributed by atoms with Crippen LogP contribution in [0, 0.1) is 6.92 Å². The summed E-state index contributed by atoms with van der Waals surface area (Å²) in [6, 6.07) is 18.9. The average Bonchev–Trinajstić information content (AvgIpc) is 2.73. The highest BCUT2D eigenvalue weighted by Crippen LogP contribution is 2.24. The molecule has 4 rings (SSSR count). The van der Waals surface area contributed by atoms with Gasteiger partial charge in [-0.15, -0.1) is 0 Å². The van der Waals surface area contributed by atoms with Crippen LogP contribution in [-0.2, 0) is 19.4 Å².